The van der Waals surface area contributed by atoms with Gasteiger partial charge in [-0.15, -0.1) is 0 Å². The Labute approximate surface area is 306 Å². The quantitative estimate of drug-likeness (QED) is 0.0386. The average molecular weight is 740 g/mol. The van der Waals surface area contributed by atoms with Crippen LogP contribution in [0.15, 0.2) is 59.6 Å². The Balaban J connectivity index is 1.67. The first-order valence-corrected chi connectivity index (χ1v) is 17.2. The standard InChI is InChI=1S/C35H49N9O9/c36-24(20-45)30(48)42-26(17-22-11-13-23(46)14-12-22)33(51)44-16-6-10-28(44)32(50)40-19-29(47)41-25(9-4-5-15-39-35(37)38)31(49)43-27(34(52)53)18-21-7-2-1-3-8-21/h1-3,7-8,11-14,24-28,45-46H,4-6,9-10,15-20,36H2,(H,40,50)(H,41,47)(H,42,48)(H,43,49)(H,52,53)(H4,37,38,39)/t24-,25-,26-,27-,28-/m0/s1. The van der Waals surface area contributed by atoms with E-state index in [4.69, 9.17) is 17.2 Å². The molecule has 0 radical (unpaired) electrons. The number of nitrogens with zero attached hydrogens (tertiary/aromatic N) is 2. The summed E-state index contributed by atoms with van der Waals surface area (Å²) in [5, 5.41) is 38.9. The van der Waals surface area contributed by atoms with Gasteiger partial charge in [-0.25, -0.2) is 4.79 Å². The number of carbonyl (C=O) groups is 6. The van der Waals surface area contributed by atoms with Crippen molar-refractivity contribution in [3.05, 3.63) is 65.7 Å². The second kappa shape index (κ2) is 20.9. The first kappa shape index (κ1) is 41.7. The summed E-state index contributed by atoms with van der Waals surface area (Å²) in [5.41, 5.74) is 17.7. The van der Waals surface area contributed by atoms with E-state index < -0.39 is 78.9 Å². The van der Waals surface area contributed by atoms with Crippen LogP contribution in [0.5, 0.6) is 5.75 Å². The van der Waals surface area contributed by atoms with E-state index in [1.807, 2.05) is 0 Å². The number of unbranched alkanes of at least 4 members (excludes halogenated alkanes) is 1. The summed E-state index contributed by atoms with van der Waals surface area (Å²) in [6.07, 6.45) is 1.71. The van der Waals surface area contributed by atoms with Crippen molar-refractivity contribution < 1.29 is 44.1 Å². The molecule has 0 spiro atoms. The van der Waals surface area contributed by atoms with Crippen molar-refractivity contribution in [3.63, 3.8) is 0 Å². The maximum atomic E-state index is 13.8. The normalized spacial score (nSPS) is 16.0. The predicted octanol–water partition coefficient (Wildman–Crippen LogP) is -2.41. The van der Waals surface area contributed by atoms with Crippen molar-refractivity contribution in [2.24, 2.45) is 22.2 Å². The van der Waals surface area contributed by atoms with Gasteiger partial charge in [-0.3, -0.25) is 29.0 Å². The summed E-state index contributed by atoms with van der Waals surface area (Å²) >= 11 is 0. The van der Waals surface area contributed by atoms with Gasteiger partial charge in [0, 0.05) is 25.9 Å². The minimum atomic E-state index is -1.29. The molecule has 5 amide bonds. The summed E-state index contributed by atoms with van der Waals surface area (Å²) in [6, 6.07) is 8.84. The van der Waals surface area contributed by atoms with Crippen LogP contribution in [0.3, 0.4) is 0 Å². The van der Waals surface area contributed by atoms with Crippen molar-refractivity contribution in [3.8, 4) is 5.75 Å². The molecule has 1 heterocycles. The zero-order valence-corrected chi connectivity index (χ0v) is 29.3. The number of phenolic OH excluding ortho intramolecular Hbond substituents is 1. The highest BCUT2D eigenvalue weighted by molar-refractivity contribution is 5.95. The van der Waals surface area contributed by atoms with Crippen LogP contribution in [0.4, 0.5) is 0 Å². The molecule has 0 saturated carbocycles. The number of benzene rings is 2. The molecule has 1 aliphatic heterocycles. The Morgan fingerprint density at radius 3 is 2.13 bits per heavy atom. The van der Waals surface area contributed by atoms with Crippen molar-refractivity contribution in [2.45, 2.75) is 75.2 Å². The number of amides is 5. The molecule has 18 nitrogen and oxygen atoms in total. The number of aliphatic hydroxyl groups excluding tert-OH is 1. The minimum absolute atomic E-state index is 0.000258. The van der Waals surface area contributed by atoms with Gasteiger partial charge in [0.15, 0.2) is 5.96 Å². The van der Waals surface area contributed by atoms with E-state index in [9.17, 15) is 44.1 Å². The molecule has 2 aromatic rings. The number of aromatic hydroxyl groups is 1. The first-order valence-electron chi connectivity index (χ1n) is 17.2. The fraction of sp³-hybridized carbons (Fsp3) is 0.457. The lowest BCUT2D eigenvalue weighted by Crippen LogP contribution is -2.57. The zero-order chi connectivity index (χ0) is 38.9. The SMILES string of the molecule is NC(N)=NCCCC[C@H](NC(=O)CNC(=O)[C@@H]1CCCN1C(=O)[C@H](Cc1ccc(O)cc1)NC(=O)[C@@H](N)CO)C(=O)N[C@@H](Cc1ccccc1)C(=O)O. The number of carbonyl (C=O) groups excluding carboxylic acids is 5. The molecule has 2 aromatic carbocycles. The van der Waals surface area contributed by atoms with Gasteiger partial charge in [-0.2, -0.15) is 0 Å². The lowest BCUT2D eigenvalue weighted by molar-refractivity contribution is -0.142. The van der Waals surface area contributed by atoms with Crippen LogP contribution >= 0.6 is 0 Å². The number of carboxylic acids is 1. The van der Waals surface area contributed by atoms with E-state index in [-0.39, 0.29) is 50.5 Å². The van der Waals surface area contributed by atoms with Gasteiger partial charge in [0.05, 0.1) is 13.2 Å². The largest absolute Gasteiger partial charge is 0.508 e. The molecule has 0 unspecified atom stereocenters. The number of nitrogens with one attached hydrogen (secondary N) is 4. The number of phenols is 1. The Bertz CT molecular complexity index is 1590. The van der Waals surface area contributed by atoms with Gasteiger partial charge in [0.25, 0.3) is 0 Å². The smallest absolute Gasteiger partial charge is 0.326 e. The molecule has 1 aliphatic rings. The van der Waals surface area contributed by atoms with E-state index in [2.05, 4.69) is 26.3 Å². The fourth-order valence-electron chi connectivity index (χ4n) is 5.72. The van der Waals surface area contributed by atoms with Gasteiger partial charge in [0.2, 0.25) is 29.5 Å². The molecular weight excluding hydrogens is 690 g/mol. The third-order valence-corrected chi connectivity index (χ3v) is 8.53. The highest BCUT2D eigenvalue weighted by Gasteiger charge is 2.38. The van der Waals surface area contributed by atoms with Crippen molar-refractivity contribution >= 4 is 41.5 Å². The highest BCUT2D eigenvalue weighted by Crippen LogP contribution is 2.20. The van der Waals surface area contributed by atoms with Gasteiger partial charge < -0.3 is 58.7 Å². The third kappa shape index (κ3) is 13.7. The van der Waals surface area contributed by atoms with Crippen LogP contribution in [-0.2, 0) is 41.6 Å². The average Bonchev–Trinajstić information content (AvgIpc) is 3.63. The lowest BCUT2D eigenvalue weighted by atomic mass is 10.0. The number of aliphatic carboxylic acids is 1. The Kier molecular flexibility index (Phi) is 16.5. The maximum Gasteiger partial charge on any atom is 0.326 e. The second-order valence-corrected chi connectivity index (χ2v) is 12.6. The Hall–Kier alpha value is -5.75. The van der Waals surface area contributed by atoms with Crippen molar-refractivity contribution in [2.75, 3.05) is 26.2 Å². The number of aliphatic imine (C=N–C) groups is 1. The summed E-state index contributed by atoms with van der Waals surface area (Å²) in [5.74, 6) is -4.81. The summed E-state index contributed by atoms with van der Waals surface area (Å²) in [7, 11) is 0. The number of likely N-dealkylation sites (tertiary alicyclic amines) is 1. The number of guanidine groups is 1. The Morgan fingerprint density at radius 1 is 0.849 bits per heavy atom. The molecule has 0 bridgehead atoms. The minimum Gasteiger partial charge on any atom is -0.508 e. The van der Waals surface area contributed by atoms with Gasteiger partial charge in [0.1, 0.15) is 36.0 Å². The van der Waals surface area contributed by atoms with Crippen LogP contribution in [0.2, 0.25) is 0 Å². The van der Waals surface area contributed by atoms with E-state index in [1.54, 1.807) is 42.5 Å². The van der Waals surface area contributed by atoms with E-state index in [0.29, 0.717) is 30.4 Å². The molecule has 53 heavy (non-hydrogen) atoms. The maximum absolute atomic E-state index is 13.8. The first-order chi connectivity index (χ1) is 25.3. The summed E-state index contributed by atoms with van der Waals surface area (Å²) in [6.45, 7) is -0.749. The monoisotopic (exact) mass is 739 g/mol. The summed E-state index contributed by atoms with van der Waals surface area (Å²) in [4.78, 5) is 83.3. The zero-order valence-electron chi connectivity index (χ0n) is 29.3. The highest BCUT2D eigenvalue weighted by atomic mass is 16.4. The number of hydrogen-bond acceptors (Lipinski definition) is 10. The van der Waals surface area contributed by atoms with E-state index in [0.717, 1.165) is 0 Å². The molecule has 0 aliphatic carbocycles. The van der Waals surface area contributed by atoms with E-state index >= 15 is 0 Å². The second-order valence-electron chi connectivity index (χ2n) is 12.6. The molecule has 288 valence electrons. The van der Waals surface area contributed by atoms with Crippen molar-refractivity contribution in [1.29, 1.82) is 0 Å². The Morgan fingerprint density at radius 2 is 1.49 bits per heavy atom. The molecule has 3 rings (SSSR count). The lowest BCUT2D eigenvalue weighted by Gasteiger charge is -2.29. The molecule has 5 atom stereocenters. The molecule has 1 saturated heterocycles. The number of aliphatic hydroxyl groups is 1. The van der Waals surface area contributed by atoms with E-state index in [1.165, 1.54) is 17.0 Å². The molecule has 0 aromatic heterocycles. The van der Waals surface area contributed by atoms with Crippen LogP contribution in [0.1, 0.15) is 43.2 Å². The van der Waals surface area contributed by atoms with Gasteiger partial charge in [-0.05, 0) is 55.4 Å². The predicted molar refractivity (Wildman–Crippen MR) is 193 cm³/mol. The molecule has 13 N–H and O–H groups in total. The van der Waals surface area contributed by atoms with Gasteiger partial charge in [-0.1, -0.05) is 42.5 Å². The molecule has 1 fully saturated rings. The van der Waals surface area contributed by atoms with Crippen LogP contribution < -0.4 is 38.5 Å². The number of rotatable bonds is 20. The number of carboxylic acid groups (broad SMARTS) is 1. The third-order valence-electron chi connectivity index (χ3n) is 8.53. The summed E-state index contributed by atoms with van der Waals surface area (Å²) < 4.78 is 0. The molecule has 18 heteroatoms. The number of hydrogen-bond donors (Lipinski definition) is 10. The van der Waals surface area contributed by atoms with Crippen LogP contribution in [-0.4, -0.2) is 118 Å². The van der Waals surface area contributed by atoms with Crippen LogP contribution in [0, 0.1) is 0 Å². The van der Waals surface area contributed by atoms with Crippen LogP contribution in [0.25, 0.3) is 0 Å². The number of nitrogens with two attached hydrogens (primary N) is 3. The van der Waals surface area contributed by atoms with Crippen molar-refractivity contribution in [1.82, 2.24) is 26.2 Å². The topological polar surface area (TPSA) is 305 Å². The fourth-order valence-corrected chi connectivity index (χ4v) is 5.72. The molecular formula is C35H49N9O9. The van der Waals surface area contributed by atoms with Gasteiger partial charge >= 0.3 is 5.97 Å².